The third kappa shape index (κ3) is 2.28. The Balaban J connectivity index is 1.96. The fourth-order valence-corrected chi connectivity index (χ4v) is 3.19. The van der Waals surface area contributed by atoms with Crippen LogP contribution in [0.2, 0.25) is 0 Å². The molecule has 6 nitrogen and oxygen atoms in total. The van der Waals surface area contributed by atoms with Crippen LogP contribution in [0.3, 0.4) is 0 Å². The van der Waals surface area contributed by atoms with Gasteiger partial charge in [0.05, 0.1) is 11.9 Å². The number of rotatable bonds is 3. The molecule has 0 aliphatic carbocycles. The van der Waals surface area contributed by atoms with Gasteiger partial charge in [-0.25, -0.2) is 8.42 Å². The third-order valence-electron chi connectivity index (χ3n) is 3.12. The van der Waals surface area contributed by atoms with Crippen molar-refractivity contribution in [2.45, 2.75) is 17.7 Å². The molecule has 100 valence electrons. The maximum atomic E-state index is 12.2. The summed E-state index contributed by atoms with van der Waals surface area (Å²) >= 11 is 0. The van der Waals surface area contributed by atoms with Crippen molar-refractivity contribution in [1.82, 2.24) is 10.2 Å². The molecule has 1 aromatic carbocycles. The van der Waals surface area contributed by atoms with Gasteiger partial charge in [0.25, 0.3) is 10.0 Å². The quantitative estimate of drug-likeness (QED) is 0.795. The second-order valence-electron chi connectivity index (χ2n) is 4.40. The smallest absolute Gasteiger partial charge is 0.265 e. The summed E-state index contributed by atoms with van der Waals surface area (Å²) in [5, 5.41) is 9.43. The molecular weight excluding hydrogens is 264 g/mol. The molecule has 0 saturated heterocycles. The normalized spacial score (nSPS) is 14.5. The van der Waals surface area contributed by atoms with Crippen molar-refractivity contribution in [3.8, 4) is 0 Å². The van der Waals surface area contributed by atoms with Gasteiger partial charge in [0.15, 0.2) is 0 Å². The van der Waals surface area contributed by atoms with Crippen LogP contribution in [0.25, 0.3) is 0 Å². The molecule has 0 atom stereocenters. The molecule has 0 radical (unpaired) electrons. The van der Waals surface area contributed by atoms with E-state index in [1.807, 2.05) is 12.1 Å². The summed E-state index contributed by atoms with van der Waals surface area (Å²) in [6.45, 7) is 0.922. The van der Waals surface area contributed by atoms with Crippen LogP contribution in [0.15, 0.2) is 35.5 Å². The number of nitrogens with zero attached hydrogens (tertiary/aromatic N) is 1. The van der Waals surface area contributed by atoms with Crippen molar-refractivity contribution in [3.05, 3.63) is 36.2 Å². The number of fused-ring (bicyclic) bond motifs is 1. The number of sulfonamides is 1. The van der Waals surface area contributed by atoms with Gasteiger partial charge in [-0.05, 0) is 30.5 Å². The van der Waals surface area contributed by atoms with Crippen molar-refractivity contribution >= 4 is 21.4 Å². The first kappa shape index (κ1) is 12.0. The van der Waals surface area contributed by atoms with Gasteiger partial charge in [-0.2, -0.15) is 5.10 Å². The topological polar surface area (TPSA) is 86.9 Å². The highest BCUT2D eigenvalue weighted by atomic mass is 32.2. The molecule has 19 heavy (non-hydrogen) atoms. The van der Waals surface area contributed by atoms with Crippen LogP contribution in [0.1, 0.15) is 12.0 Å². The van der Waals surface area contributed by atoms with Gasteiger partial charge in [-0.1, -0.05) is 6.07 Å². The highest BCUT2D eigenvalue weighted by molar-refractivity contribution is 7.92. The van der Waals surface area contributed by atoms with E-state index in [0.29, 0.717) is 5.69 Å². The van der Waals surface area contributed by atoms with Crippen LogP contribution in [0, 0.1) is 0 Å². The molecule has 1 aliphatic rings. The number of aromatic nitrogens is 2. The fourth-order valence-electron chi connectivity index (χ4n) is 2.20. The van der Waals surface area contributed by atoms with Crippen LogP contribution < -0.4 is 10.0 Å². The first-order chi connectivity index (χ1) is 9.17. The third-order valence-corrected chi connectivity index (χ3v) is 4.46. The number of nitrogens with one attached hydrogen (secondary N) is 3. The molecule has 0 fully saturated rings. The van der Waals surface area contributed by atoms with E-state index in [1.54, 1.807) is 6.07 Å². The standard InChI is InChI=1S/C12H14N4O2S/c17-19(18,9-7-14-15-8-9)16-12-5-1-4-11-10(12)3-2-6-13-11/h1,4-5,7-8,13,16H,2-3,6H2,(H,14,15). The maximum Gasteiger partial charge on any atom is 0.265 e. The van der Waals surface area contributed by atoms with E-state index < -0.39 is 10.0 Å². The number of aromatic amines is 1. The predicted molar refractivity (Wildman–Crippen MR) is 72.6 cm³/mol. The van der Waals surface area contributed by atoms with Gasteiger partial charge in [0.2, 0.25) is 0 Å². The van der Waals surface area contributed by atoms with Gasteiger partial charge >= 0.3 is 0 Å². The summed E-state index contributed by atoms with van der Waals surface area (Å²) in [6, 6.07) is 5.58. The summed E-state index contributed by atoms with van der Waals surface area (Å²) in [5.41, 5.74) is 2.64. The highest BCUT2D eigenvalue weighted by Crippen LogP contribution is 2.30. The van der Waals surface area contributed by atoms with E-state index in [2.05, 4.69) is 20.2 Å². The Morgan fingerprint density at radius 3 is 3.00 bits per heavy atom. The van der Waals surface area contributed by atoms with Crippen molar-refractivity contribution in [2.75, 3.05) is 16.6 Å². The van der Waals surface area contributed by atoms with Crippen LogP contribution in [-0.2, 0) is 16.4 Å². The molecule has 0 amide bonds. The van der Waals surface area contributed by atoms with Gasteiger partial charge in [-0.3, -0.25) is 9.82 Å². The lowest BCUT2D eigenvalue weighted by Gasteiger charge is -2.21. The Morgan fingerprint density at radius 2 is 2.21 bits per heavy atom. The first-order valence-corrected chi connectivity index (χ1v) is 7.52. The largest absolute Gasteiger partial charge is 0.385 e. The van der Waals surface area contributed by atoms with Crippen molar-refractivity contribution in [3.63, 3.8) is 0 Å². The van der Waals surface area contributed by atoms with E-state index in [9.17, 15) is 8.42 Å². The molecule has 1 aliphatic heterocycles. The van der Waals surface area contributed by atoms with Crippen molar-refractivity contribution < 1.29 is 8.42 Å². The molecule has 0 spiro atoms. The van der Waals surface area contributed by atoms with Crippen molar-refractivity contribution in [2.24, 2.45) is 0 Å². The van der Waals surface area contributed by atoms with Crippen LogP contribution in [0.5, 0.6) is 0 Å². The number of H-pyrrole nitrogens is 1. The molecule has 0 bridgehead atoms. The summed E-state index contributed by atoms with van der Waals surface area (Å²) in [5.74, 6) is 0. The minimum Gasteiger partial charge on any atom is -0.385 e. The molecule has 3 N–H and O–H groups in total. The lowest BCUT2D eigenvalue weighted by molar-refractivity contribution is 0.601. The van der Waals surface area contributed by atoms with Crippen LogP contribution in [0.4, 0.5) is 11.4 Å². The maximum absolute atomic E-state index is 12.2. The first-order valence-electron chi connectivity index (χ1n) is 6.04. The lowest BCUT2D eigenvalue weighted by Crippen LogP contribution is -2.17. The van der Waals surface area contributed by atoms with E-state index >= 15 is 0 Å². The molecular formula is C12H14N4O2S. The highest BCUT2D eigenvalue weighted by Gasteiger charge is 2.19. The monoisotopic (exact) mass is 278 g/mol. The lowest BCUT2D eigenvalue weighted by atomic mass is 10.0. The average molecular weight is 278 g/mol. The van der Waals surface area contributed by atoms with Crippen LogP contribution >= 0.6 is 0 Å². The summed E-state index contributed by atoms with van der Waals surface area (Å²) in [4.78, 5) is 0.133. The van der Waals surface area contributed by atoms with E-state index in [1.165, 1.54) is 12.4 Å². The predicted octanol–water partition coefficient (Wildman–Crippen LogP) is 1.57. The number of anilines is 2. The van der Waals surface area contributed by atoms with E-state index in [-0.39, 0.29) is 4.90 Å². The average Bonchev–Trinajstić information content (AvgIpc) is 2.93. The fraction of sp³-hybridized carbons (Fsp3) is 0.250. The zero-order valence-corrected chi connectivity index (χ0v) is 11.0. The van der Waals surface area contributed by atoms with Crippen LogP contribution in [-0.4, -0.2) is 25.2 Å². The van der Waals surface area contributed by atoms with E-state index in [4.69, 9.17) is 0 Å². The Labute approximate surface area is 111 Å². The molecule has 0 saturated carbocycles. The van der Waals surface area contributed by atoms with Crippen molar-refractivity contribution in [1.29, 1.82) is 0 Å². The minimum atomic E-state index is -3.58. The van der Waals surface area contributed by atoms with Gasteiger partial charge in [-0.15, -0.1) is 0 Å². The molecule has 0 unspecified atom stereocenters. The van der Waals surface area contributed by atoms with Gasteiger partial charge in [0.1, 0.15) is 4.90 Å². The SMILES string of the molecule is O=S(=O)(Nc1cccc2c1CCCN2)c1cn[nH]c1. The zero-order valence-electron chi connectivity index (χ0n) is 10.2. The summed E-state index contributed by atoms with van der Waals surface area (Å²) in [7, 11) is -3.58. The summed E-state index contributed by atoms with van der Waals surface area (Å²) in [6.07, 6.45) is 4.51. The zero-order chi connectivity index (χ0) is 13.3. The molecule has 1 aromatic heterocycles. The van der Waals surface area contributed by atoms with Gasteiger partial charge < -0.3 is 5.32 Å². The molecule has 2 aromatic rings. The number of benzene rings is 1. The Bertz CT molecular complexity index is 680. The second-order valence-corrected chi connectivity index (χ2v) is 6.08. The molecule has 3 rings (SSSR count). The minimum absolute atomic E-state index is 0.133. The number of hydrogen-bond acceptors (Lipinski definition) is 4. The Morgan fingerprint density at radius 1 is 1.32 bits per heavy atom. The summed E-state index contributed by atoms with van der Waals surface area (Å²) < 4.78 is 26.9. The van der Waals surface area contributed by atoms with Gasteiger partial charge in [0, 0.05) is 18.4 Å². The molecule has 7 heteroatoms. The van der Waals surface area contributed by atoms with E-state index in [0.717, 1.165) is 30.6 Å². The molecule has 2 heterocycles. The Hall–Kier alpha value is -2.02. The Kier molecular flexibility index (Phi) is 2.90. The second kappa shape index (κ2) is 4.58. The number of hydrogen-bond donors (Lipinski definition) is 3.